The lowest BCUT2D eigenvalue weighted by atomic mass is 9.68. The average molecular weight is 478 g/mol. The Hall–Kier alpha value is -2.57. The summed E-state index contributed by atoms with van der Waals surface area (Å²) in [5.74, 6) is 1.28. The lowest BCUT2D eigenvalue weighted by Gasteiger charge is -2.51. The van der Waals surface area contributed by atoms with Crippen molar-refractivity contribution in [2.24, 2.45) is 5.92 Å². The van der Waals surface area contributed by atoms with Crippen LogP contribution in [-0.4, -0.2) is 73.8 Å². The highest BCUT2D eigenvalue weighted by Gasteiger charge is 2.54. The predicted octanol–water partition coefficient (Wildman–Crippen LogP) is 4.74. The van der Waals surface area contributed by atoms with Gasteiger partial charge in [-0.25, -0.2) is 4.79 Å². The highest BCUT2D eigenvalue weighted by molar-refractivity contribution is 5.78. The number of hydrogen-bond acceptors (Lipinski definition) is 4. The maximum Gasteiger partial charge on any atom is 0.320 e. The van der Waals surface area contributed by atoms with Crippen LogP contribution in [0.15, 0.2) is 54.6 Å². The van der Waals surface area contributed by atoms with E-state index in [-0.39, 0.29) is 17.1 Å². The molecular formula is C29H39N3O3. The number of carbonyl (C=O) groups excluding carboxylic acids is 1. The number of hydrogen-bond donors (Lipinski definition) is 0. The van der Waals surface area contributed by atoms with Gasteiger partial charge in [0.1, 0.15) is 5.75 Å². The summed E-state index contributed by atoms with van der Waals surface area (Å²) in [6.07, 6.45) is 5.16. The molecular weight excluding hydrogens is 438 g/mol. The molecule has 188 valence electrons. The van der Waals surface area contributed by atoms with E-state index < -0.39 is 0 Å². The van der Waals surface area contributed by atoms with E-state index in [0.717, 1.165) is 69.7 Å². The van der Waals surface area contributed by atoms with Gasteiger partial charge in [0.15, 0.2) is 0 Å². The summed E-state index contributed by atoms with van der Waals surface area (Å²) in [6.45, 7) is 3.82. The fourth-order valence-corrected chi connectivity index (χ4v) is 6.51. The second-order valence-corrected chi connectivity index (χ2v) is 10.8. The van der Waals surface area contributed by atoms with Crippen molar-refractivity contribution in [2.75, 3.05) is 47.5 Å². The van der Waals surface area contributed by atoms with Crippen molar-refractivity contribution in [3.05, 3.63) is 65.7 Å². The van der Waals surface area contributed by atoms with Crippen molar-refractivity contribution in [2.45, 2.75) is 49.7 Å². The maximum absolute atomic E-state index is 13.8. The fourth-order valence-electron chi connectivity index (χ4n) is 6.51. The monoisotopic (exact) mass is 477 g/mol. The summed E-state index contributed by atoms with van der Waals surface area (Å²) in [5.41, 5.74) is 2.43. The Bertz CT molecular complexity index is 994. The van der Waals surface area contributed by atoms with Gasteiger partial charge in [-0.15, -0.1) is 0 Å². The molecule has 35 heavy (non-hydrogen) atoms. The van der Waals surface area contributed by atoms with Gasteiger partial charge >= 0.3 is 6.03 Å². The smallest absolute Gasteiger partial charge is 0.320 e. The van der Waals surface area contributed by atoms with E-state index >= 15 is 0 Å². The lowest BCUT2D eigenvalue weighted by Crippen LogP contribution is -2.56. The average Bonchev–Trinajstić information content (AvgIpc) is 3.49. The molecule has 2 heterocycles. The molecule has 5 rings (SSSR count). The Morgan fingerprint density at radius 2 is 1.74 bits per heavy atom. The zero-order chi connectivity index (χ0) is 24.5. The van der Waals surface area contributed by atoms with E-state index in [4.69, 9.17) is 9.47 Å². The first-order valence-corrected chi connectivity index (χ1v) is 13.0. The molecule has 2 amide bonds. The molecule has 3 aliphatic rings. The molecule has 0 radical (unpaired) electrons. The summed E-state index contributed by atoms with van der Waals surface area (Å²) in [6, 6.07) is 19.2. The number of rotatable bonds is 7. The molecule has 1 spiro atoms. The first-order chi connectivity index (χ1) is 17.0. The van der Waals surface area contributed by atoms with Crippen LogP contribution >= 0.6 is 0 Å². The third-order valence-corrected chi connectivity index (χ3v) is 8.73. The topological polar surface area (TPSA) is 45.2 Å². The molecule has 2 saturated heterocycles. The molecule has 1 atom stereocenters. The lowest BCUT2D eigenvalue weighted by molar-refractivity contribution is 0.0195. The van der Waals surface area contributed by atoms with Crippen LogP contribution in [0.25, 0.3) is 0 Å². The second-order valence-electron chi connectivity index (χ2n) is 10.8. The van der Waals surface area contributed by atoms with Gasteiger partial charge in [-0.3, -0.25) is 4.90 Å². The Morgan fingerprint density at radius 3 is 2.34 bits per heavy atom. The van der Waals surface area contributed by atoms with Gasteiger partial charge in [-0.05, 0) is 69.5 Å². The third kappa shape index (κ3) is 4.54. The fraction of sp³-hybridized carbons (Fsp3) is 0.552. The standard InChI is InChI=1S/C29H39N3O3/c1-30(2)29(25-7-5-4-6-8-25)16-14-28(15-17-29)22-31(19-23-9-11-26(34-3)12-10-23)27(33)32(28)20-24-13-18-35-21-24/h4-12,24H,13-22H2,1-3H3/t24?,28-,29-. The number of nitrogens with zero attached hydrogens (tertiary/aromatic N) is 3. The molecule has 0 aromatic heterocycles. The van der Waals surface area contributed by atoms with E-state index in [1.165, 1.54) is 5.56 Å². The Kier molecular flexibility index (Phi) is 6.78. The third-order valence-electron chi connectivity index (χ3n) is 8.73. The quantitative estimate of drug-likeness (QED) is 0.578. The number of benzene rings is 2. The van der Waals surface area contributed by atoms with E-state index in [2.05, 4.69) is 71.3 Å². The molecule has 0 N–H and O–H groups in total. The van der Waals surface area contributed by atoms with E-state index in [0.29, 0.717) is 12.5 Å². The van der Waals surface area contributed by atoms with Gasteiger partial charge < -0.3 is 19.3 Å². The zero-order valence-corrected chi connectivity index (χ0v) is 21.4. The van der Waals surface area contributed by atoms with Gasteiger partial charge in [0.05, 0.1) is 19.3 Å². The summed E-state index contributed by atoms with van der Waals surface area (Å²) in [7, 11) is 6.09. The van der Waals surface area contributed by atoms with Crippen molar-refractivity contribution in [1.82, 2.24) is 14.7 Å². The van der Waals surface area contributed by atoms with Crippen LogP contribution in [0.1, 0.15) is 43.2 Å². The Balaban J connectivity index is 1.39. The van der Waals surface area contributed by atoms with Gasteiger partial charge in [0.25, 0.3) is 0 Å². The van der Waals surface area contributed by atoms with Crippen LogP contribution in [0.3, 0.4) is 0 Å². The minimum atomic E-state index is -0.111. The number of methoxy groups -OCH3 is 1. The normalized spacial score (nSPS) is 28.9. The second kappa shape index (κ2) is 9.82. The molecule has 2 aromatic rings. The van der Waals surface area contributed by atoms with Crippen LogP contribution in [0, 0.1) is 5.92 Å². The molecule has 2 aliphatic heterocycles. The van der Waals surface area contributed by atoms with E-state index in [1.807, 2.05) is 12.1 Å². The minimum absolute atomic E-state index is 0.0150. The molecule has 1 aliphatic carbocycles. The van der Waals surface area contributed by atoms with E-state index in [1.54, 1.807) is 7.11 Å². The molecule has 6 heteroatoms. The summed E-state index contributed by atoms with van der Waals surface area (Å²) in [4.78, 5) is 20.5. The first-order valence-electron chi connectivity index (χ1n) is 13.0. The number of urea groups is 1. The highest BCUT2D eigenvalue weighted by Crippen LogP contribution is 2.49. The molecule has 0 bridgehead atoms. The summed E-state index contributed by atoms with van der Waals surface area (Å²) >= 11 is 0. The van der Waals surface area contributed by atoms with Crippen molar-refractivity contribution in [1.29, 1.82) is 0 Å². The highest BCUT2D eigenvalue weighted by atomic mass is 16.5. The van der Waals surface area contributed by atoms with Crippen LogP contribution < -0.4 is 4.74 Å². The largest absolute Gasteiger partial charge is 0.497 e. The number of carbonyl (C=O) groups is 1. The maximum atomic E-state index is 13.8. The van der Waals surface area contributed by atoms with Crippen molar-refractivity contribution in [3.63, 3.8) is 0 Å². The van der Waals surface area contributed by atoms with Crippen LogP contribution in [0.4, 0.5) is 4.79 Å². The van der Waals surface area contributed by atoms with Crippen LogP contribution in [0.2, 0.25) is 0 Å². The first kappa shape index (κ1) is 24.1. The minimum Gasteiger partial charge on any atom is -0.497 e. The molecule has 2 aromatic carbocycles. The Labute approximate surface area is 209 Å². The molecule has 3 fully saturated rings. The van der Waals surface area contributed by atoms with E-state index in [9.17, 15) is 4.79 Å². The SMILES string of the molecule is COc1ccc(CN2C[C@]3(CC[C@@](c4ccccc4)(N(C)C)CC3)N(CC3CCOC3)C2=O)cc1. The molecule has 6 nitrogen and oxygen atoms in total. The summed E-state index contributed by atoms with van der Waals surface area (Å²) < 4.78 is 11.0. The number of amides is 2. The van der Waals surface area contributed by atoms with Gasteiger partial charge in [-0.1, -0.05) is 42.5 Å². The molecule has 1 saturated carbocycles. The van der Waals surface area contributed by atoms with Gasteiger partial charge in [0.2, 0.25) is 0 Å². The van der Waals surface area contributed by atoms with Crippen molar-refractivity contribution >= 4 is 6.03 Å². The van der Waals surface area contributed by atoms with Crippen LogP contribution in [-0.2, 0) is 16.8 Å². The summed E-state index contributed by atoms with van der Waals surface area (Å²) in [5, 5.41) is 0. The van der Waals surface area contributed by atoms with Gasteiger partial charge in [-0.2, -0.15) is 0 Å². The van der Waals surface area contributed by atoms with Crippen molar-refractivity contribution in [3.8, 4) is 5.75 Å². The van der Waals surface area contributed by atoms with Gasteiger partial charge in [0, 0.05) is 37.7 Å². The number of ether oxygens (including phenoxy) is 2. The van der Waals surface area contributed by atoms with Crippen LogP contribution in [0.5, 0.6) is 5.75 Å². The Morgan fingerprint density at radius 1 is 1.03 bits per heavy atom. The van der Waals surface area contributed by atoms with Crippen molar-refractivity contribution < 1.29 is 14.3 Å². The molecule has 1 unspecified atom stereocenters. The zero-order valence-electron chi connectivity index (χ0n) is 21.4. The predicted molar refractivity (Wildman–Crippen MR) is 137 cm³/mol.